The van der Waals surface area contributed by atoms with Crippen LogP contribution in [0.3, 0.4) is 0 Å². The minimum absolute atomic E-state index is 0.0169. The number of carbonyl (C=O) groups excluding carboxylic acids is 3. The van der Waals surface area contributed by atoms with Crippen LogP contribution in [0.25, 0.3) is 0 Å². The molecule has 0 aromatic heterocycles. The van der Waals surface area contributed by atoms with Gasteiger partial charge in [-0.3, -0.25) is 19.3 Å². The number of carbonyl (C=O) groups is 3. The predicted molar refractivity (Wildman–Crippen MR) is 119 cm³/mol. The molecule has 0 saturated carbocycles. The number of piperazine rings is 1. The third-order valence-electron chi connectivity index (χ3n) is 4.99. The van der Waals surface area contributed by atoms with Gasteiger partial charge < -0.3 is 15.5 Å². The zero-order valence-electron chi connectivity index (χ0n) is 16.9. The molecule has 3 amide bonds. The Kier molecular flexibility index (Phi) is 7.59. The van der Waals surface area contributed by atoms with Crippen LogP contribution >= 0.6 is 15.9 Å². The van der Waals surface area contributed by atoms with E-state index in [2.05, 4.69) is 31.5 Å². The van der Waals surface area contributed by atoms with Gasteiger partial charge in [-0.2, -0.15) is 0 Å². The molecule has 2 aromatic carbocycles. The molecule has 1 aliphatic rings. The largest absolute Gasteiger partial charge is 0.347 e. The lowest BCUT2D eigenvalue weighted by molar-refractivity contribution is -0.136. The number of hydrogen-bond acceptors (Lipinski definition) is 4. The van der Waals surface area contributed by atoms with Gasteiger partial charge in [-0.05, 0) is 47.1 Å². The van der Waals surface area contributed by atoms with Gasteiger partial charge >= 0.3 is 11.8 Å². The van der Waals surface area contributed by atoms with E-state index in [-0.39, 0.29) is 5.91 Å². The summed E-state index contributed by atoms with van der Waals surface area (Å²) in [6.45, 7) is 5.65. The minimum Gasteiger partial charge on any atom is -0.347 e. The van der Waals surface area contributed by atoms with Crippen molar-refractivity contribution >= 4 is 39.3 Å². The van der Waals surface area contributed by atoms with E-state index in [9.17, 15) is 14.4 Å². The maximum Gasteiger partial charge on any atom is 0.313 e. The van der Waals surface area contributed by atoms with Crippen molar-refractivity contribution in [3.63, 3.8) is 0 Å². The third-order valence-corrected chi connectivity index (χ3v) is 5.68. The summed E-state index contributed by atoms with van der Waals surface area (Å²) in [7, 11) is 0. The molecular formula is C22H25BrN4O3. The van der Waals surface area contributed by atoms with E-state index in [4.69, 9.17) is 0 Å². The first-order chi connectivity index (χ1) is 14.4. The molecule has 0 bridgehead atoms. The second-order valence-corrected chi connectivity index (χ2v) is 8.04. The fourth-order valence-electron chi connectivity index (χ4n) is 3.21. The number of rotatable bonds is 5. The summed E-state index contributed by atoms with van der Waals surface area (Å²) in [5.41, 5.74) is 2.33. The molecule has 0 unspecified atom stereocenters. The molecule has 1 saturated heterocycles. The van der Waals surface area contributed by atoms with Crippen LogP contribution in [0.2, 0.25) is 0 Å². The average Bonchev–Trinajstić information content (AvgIpc) is 2.75. The third kappa shape index (κ3) is 5.90. The summed E-state index contributed by atoms with van der Waals surface area (Å²) >= 11 is 3.43. The van der Waals surface area contributed by atoms with Crippen molar-refractivity contribution in [3.05, 3.63) is 64.1 Å². The Bertz CT molecular complexity index is 909. The number of aryl methyl sites for hydroxylation is 1. The highest BCUT2D eigenvalue weighted by Crippen LogP contribution is 2.18. The number of nitrogens with zero attached hydrogens (tertiary/aromatic N) is 2. The quantitative estimate of drug-likeness (QED) is 0.653. The number of hydrogen-bond donors (Lipinski definition) is 2. The van der Waals surface area contributed by atoms with Crippen molar-refractivity contribution in [1.82, 2.24) is 15.1 Å². The molecule has 1 aliphatic heterocycles. The lowest BCUT2D eigenvalue weighted by Crippen LogP contribution is -2.50. The van der Waals surface area contributed by atoms with Crippen molar-refractivity contribution in [2.45, 2.75) is 6.92 Å². The fraction of sp³-hybridized carbons (Fsp3) is 0.318. The summed E-state index contributed by atoms with van der Waals surface area (Å²) in [5.74, 6) is -1.32. The molecule has 1 heterocycles. The smallest absolute Gasteiger partial charge is 0.313 e. The Balaban J connectivity index is 1.38. The highest BCUT2D eigenvalue weighted by molar-refractivity contribution is 9.10. The number of benzene rings is 2. The molecule has 1 fully saturated rings. The number of amides is 3. The van der Waals surface area contributed by atoms with E-state index in [1.165, 1.54) is 0 Å². The van der Waals surface area contributed by atoms with E-state index in [1.54, 1.807) is 12.1 Å². The number of halogens is 1. The highest BCUT2D eigenvalue weighted by Gasteiger charge is 2.23. The molecule has 158 valence electrons. The Morgan fingerprint density at radius 3 is 2.27 bits per heavy atom. The van der Waals surface area contributed by atoms with Gasteiger partial charge in [-0.1, -0.05) is 29.8 Å². The highest BCUT2D eigenvalue weighted by atomic mass is 79.9. The topological polar surface area (TPSA) is 81.8 Å². The second kappa shape index (κ2) is 10.4. The minimum atomic E-state index is -0.678. The van der Waals surface area contributed by atoms with Gasteiger partial charge in [0, 0.05) is 49.4 Å². The van der Waals surface area contributed by atoms with E-state index >= 15 is 0 Å². The van der Waals surface area contributed by atoms with Gasteiger partial charge in [-0.25, -0.2) is 0 Å². The first kappa shape index (κ1) is 22.0. The maximum absolute atomic E-state index is 12.7. The Morgan fingerprint density at radius 1 is 0.933 bits per heavy atom. The fourth-order valence-corrected chi connectivity index (χ4v) is 3.67. The van der Waals surface area contributed by atoms with E-state index < -0.39 is 11.8 Å². The SMILES string of the molecule is Cc1ccc(NC(=O)C(=O)NCCN2CCN(C(=O)c3ccccc3Br)CC2)cc1. The molecular weight excluding hydrogens is 448 g/mol. The first-order valence-corrected chi connectivity index (χ1v) is 10.7. The van der Waals surface area contributed by atoms with Crippen molar-refractivity contribution < 1.29 is 14.4 Å². The molecule has 2 aromatic rings. The van der Waals surface area contributed by atoms with Crippen LogP contribution in [0.15, 0.2) is 53.0 Å². The number of nitrogens with one attached hydrogen (secondary N) is 2. The van der Waals surface area contributed by atoms with E-state index in [1.807, 2.05) is 48.2 Å². The van der Waals surface area contributed by atoms with Gasteiger partial charge in [0.05, 0.1) is 5.56 Å². The van der Waals surface area contributed by atoms with Crippen molar-refractivity contribution in [1.29, 1.82) is 0 Å². The maximum atomic E-state index is 12.7. The standard InChI is InChI=1S/C22H25BrN4O3/c1-16-6-8-17(9-7-16)25-21(29)20(28)24-10-11-26-12-14-27(15-13-26)22(30)18-4-2-3-5-19(18)23/h2-9H,10-15H2,1H3,(H,24,28)(H,25,29). The van der Waals surface area contributed by atoms with Crippen LogP contribution in [-0.2, 0) is 9.59 Å². The number of anilines is 1. The van der Waals surface area contributed by atoms with Crippen molar-refractivity contribution in [3.8, 4) is 0 Å². The van der Waals surface area contributed by atoms with Crippen LogP contribution in [-0.4, -0.2) is 66.8 Å². The monoisotopic (exact) mass is 472 g/mol. The van der Waals surface area contributed by atoms with E-state index in [0.29, 0.717) is 37.4 Å². The van der Waals surface area contributed by atoms with Gasteiger partial charge in [-0.15, -0.1) is 0 Å². The molecule has 0 aliphatic carbocycles. The predicted octanol–water partition coefficient (Wildman–Crippen LogP) is 2.27. The summed E-state index contributed by atoms with van der Waals surface area (Å²) < 4.78 is 0.795. The van der Waals surface area contributed by atoms with Crippen LogP contribution < -0.4 is 10.6 Å². The summed E-state index contributed by atoms with van der Waals surface area (Å²) in [4.78, 5) is 40.6. The van der Waals surface area contributed by atoms with Gasteiger partial charge in [0.2, 0.25) is 0 Å². The first-order valence-electron chi connectivity index (χ1n) is 9.86. The lowest BCUT2D eigenvalue weighted by Gasteiger charge is -2.34. The zero-order valence-corrected chi connectivity index (χ0v) is 18.4. The normalized spacial score (nSPS) is 14.3. The second-order valence-electron chi connectivity index (χ2n) is 7.19. The van der Waals surface area contributed by atoms with E-state index in [0.717, 1.165) is 23.1 Å². The Morgan fingerprint density at radius 2 is 1.60 bits per heavy atom. The molecule has 7 nitrogen and oxygen atoms in total. The van der Waals surface area contributed by atoms with Crippen molar-refractivity contribution in [2.75, 3.05) is 44.6 Å². The lowest BCUT2D eigenvalue weighted by atomic mass is 10.2. The summed E-state index contributed by atoms with van der Waals surface area (Å²) in [6.07, 6.45) is 0. The van der Waals surface area contributed by atoms with Crippen molar-refractivity contribution in [2.24, 2.45) is 0 Å². The Hall–Kier alpha value is -2.71. The molecule has 8 heteroatoms. The molecule has 3 rings (SSSR count). The van der Waals surface area contributed by atoms with Gasteiger partial charge in [0.1, 0.15) is 0 Å². The van der Waals surface area contributed by atoms with Crippen LogP contribution in [0.1, 0.15) is 15.9 Å². The molecule has 0 spiro atoms. The Labute approximate surface area is 184 Å². The summed E-state index contributed by atoms with van der Waals surface area (Å²) in [5, 5.41) is 5.23. The zero-order chi connectivity index (χ0) is 21.5. The van der Waals surface area contributed by atoms with Gasteiger partial charge in [0.25, 0.3) is 5.91 Å². The molecule has 0 atom stereocenters. The van der Waals surface area contributed by atoms with Gasteiger partial charge in [0.15, 0.2) is 0 Å². The molecule has 30 heavy (non-hydrogen) atoms. The molecule has 2 N–H and O–H groups in total. The van der Waals surface area contributed by atoms with Crippen LogP contribution in [0.5, 0.6) is 0 Å². The summed E-state index contributed by atoms with van der Waals surface area (Å²) in [6, 6.07) is 14.7. The van der Waals surface area contributed by atoms with Crippen LogP contribution in [0, 0.1) is 6.92 Å². The van der Waals surface area contributed by atoms with Crippen LogP contribution in [0.4, 0.5) is 5.69 Å². The average molecular weight is 473 g/mol. The molecule has 0 radical (unpaired) electrons.